The second kappa shape index (κ2) is 7.01. The molecule has 3 rings (SSSR count). The molecule has 1 unspecified atom stereocenters. The Balaban J connectivity index is 1.58. The van der Waals surface area contributed by atoms with Gasteiger partial charge in [-0.1, -0.05) is 6.07 Å². The predicted molar refractivity (Wildman–Crippen MR) is 90.7 cm³/mol. The Morgan fingerprint density at radius 3 is 2.62 bits per heavy atom. The maximum atomic E-state index is 12.4. The number of hydrogen-bond donors (Lipinski definition) is 2. The quantitative estimate of drug-likeness (QED) is 0.820. The molecule has 0 saturated heterocycles. The van der Waals surface area contributed by atoms with E-state index < -0.39 is 5.54 Å². The number of rotatable bonds is 7. The summed E-state index contributed by atoms with van der Waals surface area (Å²) in [7, 11) is 0. The summed E-state index contributed by atoms with van der Waals surface area (Å²) in [6, 6.07) is 12.7. The Kier molecular flexibility index (Phi) is 4.81. The fourth-order valence-corrected chi connectivity index (χ4v) is 2.67. The standard InChI is InChI=1S/C19H22N2O3/c1-19(13-22,15-7-8-15)21-18(23)14-5-9-17(10-6-14)24-12-16-4-2-3-11-20-16/h2-6,9-11,15,22H,7-8,12-13H2,1H3,(H,21,23). The van der Waals surface area contributed by atoms with Gasteiger partial charge in [-0.3, -0.25) is 9.78 Å². The van der Waals surface area contributed by atoms with Gasteiger partial charge in [-0.15, -0.1) is 0 Å². The number of benzene rings is 1. The third kappa shape index (κ3) is 3.92. The number of carbonyl (C=O) groups is 1. The van der Waals surface area contributed by atoms with Gasteiger partial charge in [0.15, 0.2) is 0 Å². The van der Waals surface area contributed by atoms with Crippen LogP contribution in [0.5, 0.6) is 5.75 Å². The van der Waals surface area contributed by atoms with Gasteiger partial charge >= 0.3 is 0 Å². The minimum Gasteiger partial charge on any atom is -0.487 e. The molecule has 24 heavy (non-hydrogen) atoms. The molecule has 5 heteroatoms. The molecule has 1 aromatic heterocycles. The SMILES string of the molecule is CC(CO)(NC(=O)c1ccc(OCc2ccccn2)cc1)C1CC1. The molecule has 1 amide bonds. The Labute approximate surface area is 141 Å². The molecule has 1 aliphatic rings. The maximum absolute atomic E-state index is 12.4. The zero-order valence-corrected chi connectivity index (χ0v) is 13.7. The van der Waals surface area contributed by atoms with E-state index in [2.05, 4.69) is 10.3 Å². The van der Waals surface area contributed by atoms with Gasteiger partial charge in [0.2, 0.25) is 0 Å². The average Bonchev–Trinajstić information content (AvgIpc) is 3.47. The van der Waals surface area contributed by atoms with Crippen LogP contribution in [-0.4, -0.2) is 28.1 Å². The largest absolute Gasteiger partial charge is 0.487 e. The Hall–Kier alpha value is -2.40. The first-order valence-electron chi connectivity index (χ1n) is 8.17. The molecule has 1 aliphatic carbocycles. The van der Waals surface area contributed by atoms with Crippen LogP contribution >= 0.6 is 0 Å². The van der Waals surface area contributed by atoms with Gasteiger partial charge in [-0.25, -0.2) is 0 Å². The van der Waals surface area contributed by atoms with E-state index in [9.17, 15) is 9.90 Å². The first kappa shape index (κ1) is 16.5. The van der Waals surface area contributed by atoms with Crippen LogP contribution in [0.1, 0.15) is 35.8 Å². The number of nitrogens with zero attached hydrogens (tertiary/aromatic N) is 1. The first-order chi connectivity index (χ1) is 11.6. The second-order valence-electron chi connectivity index (χ2n) is 6.44. The van der Waals surface area contributed by atoms with Gasteiger partial charge in [0.25, 0.3) is 5.91 Å². The summed E-state index contributed by atoms with van der Waals surface area (Å²) in [4.78, 5) is 16.6. The van der Waals surface area contributed by atoms with Crippen molar-refractivity contribution in [2.75, 3.05) is 6.61 Å². The lowest BCUT2D eigenvalue weighted by Crippen LogP contribution is -2.50. The highest BCUT2D eigenvalue weighted by atomic mass is 16.5. The lowest BCUT2D eigenvalue weighted by atomic mass is 9.96. The normalized spacial score (nSPS) is 16.2. The molecule has 1 fully saturated rings. The highest BCUT2D eigenvalue weighted by molar-refractivity contribution is 5.94. The van der Waals surface area contributed by atoms with Crippen molar-refractivity contribution in [1.82, 2.24) is 10.3 Å². The summed E-state index contributed by atoms with van der Waals surface area (Å²) >= 11 is 0. The molecule has 1 atom stereocenters. The smallest absolute Gasteiger partial charge is 0.251 e. The van der Waals surface area contributed by atoms with E-state index >= 15 is 0 Å². The summed E-state index contributed by atoms with van der Waals surface area (Å²) in [6.07, 6.45) is 3.83. The second-order valence-corrected chi connectivity index (χ2v) is 6.44. The minimum atomic E-state index is -0.536. The summed E-state index contributed by atoms with van der Waals surface area (Å²) in [6.45, 7) is 2.23. The van der Waals surface area contributed by atoms with Crippen molar-refractivity contribution in [3.8, 4) is 5.75 Å². The summed E-state index contributed by atoms with van der Waals surface area (Å²) in [5, 5.41) is 12.5. The molecule has 0 bridgehead atoms. The third-order valence-corrected chi connectivity index (χ3v) is 4.44. The van der Waals surface area contributed by atoms with Gasteiger partial charge in [-0.2, -0.15) is 0 Å². The number of nitrogens with one attached hydrogen (secondary N) is 1. The van der Waals surface area contributed by atoms with E-state index in [-0.39, 0.29) is 12.5 Å². The van der Waals surface area contributed by atoms with Crippen LogP contribution in [0.25, 0.3) is 0 Å². The summed E-state index contributed by atoms with van der Waals surface area (Å²) in [5.41, 5.74) is 0.869. The summed E-state index contributed by atoms with van der Waals surface area (Å²) < 4.78 is 5.66. The van der Waals surface area contributed by atoms with Crippen LogP contribution in [0.3, 0.4) is 0 Å². The van der Waals surface area contributed by atoms with Crippen LogP contribution in [0, 0.1) is 5.92 Å². The molecule has 1 heterocycles. The van der Waals surface area contributed by atoms with Gasteiger partial charge in [0.1, 0.15) is 12.4 Å². The fourth-order valence-electron chi connectivity index (χ4n) is 2.67. The number of pyridine rings is 1. The number of aliphatic hydroxyl groups is 1. The van der Waals surface area contributed by atoms with Crippen molar-refractivity contribution in [1.29, 1.82) is 0 Å². The van der Waals surface area contributed by atoms with E-state index in [0.29, 0.717) is 23.8 Å². The van der Waals surface area contributed by atoms with E-state index in [1.54, 1.807) is 30.5 Å². The van der Waals surface area contributed by atoms with E-state index in [1.807, 2.05) is 25.1 Å². The highest BCUT2D eigenvalue weighted by Crippen LogP contribution is 2.39. The molecule has 0 spiro atoms. The molecule has 2 N–H and O–H groups in total. The van der Waals surface area contributed by atoms with E-state index in [4.69, 9.17) is 4.74 Å². The molecule has 1 aromatic carbocycles. The number of amides is 1. The molecule has 5 nitrogen and oxygen atoms in total. The Morgan fingerprint density at radius 2 is 2.04 bits per heavy atom. The molecule has 2 aromatic rings. The van der Waals surface area contributed by atoms with Gasteiger partial charge < -0.3 is 15.2 Å². The maximum Gasteiger partial charge on any atom is 0.251 e. The number of hydrogen-bond acceptors (Lipinski definition) is 4. The average molecular weight is 326 g/mol. The van der Waals surface area contributed by atoms with Crippen molar-refractivity contribution >= 4 is 5.91 Å². The van der Waals surface area contributed by atoms with Crippen LogP contribution in [-0.2, 0) is 6.61 Å². The molecule has 0 aliphatic heterocycles. The Morgan fingerprint density at radius 1 is 1.29 bits per heavy atom. The first-order valence-corrected chi connectivity index (χ1v) is 8.17. The molecule has 126 valence electrons. The van der Waals surface area contributed by atoms with Crippen LogP contribution in [0.15, 0.2) is 48.7 Å². The topological polar surface area (TPSA) is 71.5 Å². The van der Waals surface area contributed by atoms with Crippen LogP contribution in [0.4, 0.5) is 0 Å². The number of ether oxygens (including phenoxy) is 1. The van der Waals surface area contributed by atoms with Crippen molar-refractivity contribution in [2.24, 2.45) is 5.92 Å². The monoisotopic (exact) mass is 326 g/mol. The number of aromatic nitrogens is 1. The van der Waals surface area contributed by atoms with E-state index in [0.717, 1.165) is 18.5 Å². The molecule has 1 saturated carbocycles. The number of aliphatic hydroxyl groups excluding tert-OH is 1. The van der Waals surface area contributed by atoms with E-state index in [1.165, 1.54) is 0 Å². The number of carbonyl (C=O) groups excluding carboxylic acids is 1. The zero-order valence-electron chi connectivity index (χ0n) is 13.7. The van der Waals surface area contributed by atoms with Crippen LogP contribution in [0.2, 0.25) is 0 Å². The summed E-state index contributed by atoms with van der Waals surface area (Å²) in [5.74, 6) is 0.881. The fraction of sp³-hybridized carbons (Fsp3) is 0.368. The molecular formula is C19H22N2O3. The molecular weight excluding hydrogens is 304 g/mol. The molecule has 0 radical (unpaired) electrons. The lowest BCUT2D eigenvalue weighted by molar-refractivity contribution is 0.0824. The van der Waals surface area contributed by atoms with Crippen molar-refractivity contribution in [3.63, 3.8) is 0 Å². The lowest BCUT2D eigenvalue weighted by Gasteiger charge is -2.28. The predicted octanol–water partition coefficient (Wildman–Crippen LogP) is 2.55. The highest BCUT2D eigenvalue weighted by Gasteiger charge is 2.42. The van der Waals surface area contributed by atoms with Crippen molar-refractivity contribution in [3.05, 3.63) is 59.9 Å². The van der Waals surface area contributed by atoms with Crippen molar-refractivity contribution < 1.29 is 14.6 Å². The van der Waals surface area contributed by atoms with Crippen molar-refractivity contribution in [2.45, 2.75) is 31.9 Å². The third-order valence-electron chi connectivity index (χ3n) is 4.44. The minimum absolute atomic E-state index is 0.0469. The zero-order chi connectivity index (χ0) is 17.0. The Bertz CT molecular complexity index is 684. The van der Waals surface area contributed by atoms with Crippen LogP contribution < -0.4 is 10.1 Å². The van der Waals surface area contributed by atoms with Gasteiger partial charge in [-0.05, 0) is 62.1 Å². The van der Waals surface area contributed by atoms with Gasteiger partial charge in [0, 0.05) is 11.8 Å². The van der Waals surface area contributed by atoms with Gasteiger partial charge in [0.05, 0.1) is 17.8 Å².